The standard InChI is InChI=1S/C34H38Cl2N6O4/c1-45-33-27(17-37-23-11-5-13-29(23)43)39-15-25(41-33)21-9-3-7-19(31(21)35)20-8-4-10-22(32(20)36)26-16-40-28(34(42-26)46-2)18-38-24-12-6-14-30(24)44/h3-4,7-10,15-16,23-24,29-30,37-38,43-44H,5-6,11-14,17-18H2,1-2H3/t23-,24-,29+,30+/m1/s1. The molecule has 2 aromatic carbocycles. The van der Waals surface area contributed by atoms with Crippen LogP contribution in [0.1, 0.15) is 49.9 Å². The molecule has 0 saturated heterocycles. The van der Waals surface area contributed by atoms with E-state index in [2.05, 4.69) is 20.6 Å². The van der Waals surface area contributed by atoms with Gasteiger partial charge in [-0.1, -0.05) is 59.6 Å². The average Bonchev–Trinajstić information content (AvgIpc) is 3.69. The van der Waals surface area contributed by atoms with Gasteiger partial charge in [-0.25, -0.2) is 9.97 Å². The van der Waals surface area contributed by atoms with Gasteiger partial charge in [-0.05, 0) is 38.5 Å². The van der Waals surface area contributed by atoms with Gasteiger partial charge in [0.2, 0.25) is 11.8 Å². The average molecular weight is 666 g/mol. The summed E-state index contributed by atoms with van der Waals surface area (Å²) < 4.78 is 11.2. The fraction of sp³-hybridized carbons (Fsp3) is 0.412. The Bertz CT molecular complexity index is 1570. The van der Waals surface area contributed by atoms with Crippen molar-refractivity contribution in [2.75, 3.05) is 14.2 Å². The van der Waals surface area contributed by atoms with E-state index in [0.29, 0.717) is 68.8 Å². The van der Waals surface area contributed by atoms with E-state index in [0.717, 1.165) is 49.7 Å². The topological polar surface area (TPSA) is 135 Å². The van der Waals surface area contributed by atoms with Crippen LogP contribution in [-0.2, 0) is 13.1 Å². The van der Waals surface area contributed by atoms with Gasteiger partial charge < -0.3 is 30.3 Å². The Kier molecular flexibility index (Phi) is 10.3. The molecule has 2 aliphatic carbocycles. The smallest absolute Gasteiger partial charge is 0.237 e. The van der Waals surface area contributed by atoms with Gasteiger partial charge in [-0.2, -0.15) is 0 Å². The van der Waals surface area contributed by atoms with Crippen LogP contribution in [0.15, 0.2) is 48.8 Å². The van der Waals surface area contributed by atoms with Gasteiger partial charge in [0.1, 0.15) is 11.4 Å². The summed E-state index contributed by atoms with van der Waals surface area (Å²) in [5.41, 5.74) is 5.25. The summed E-state index contributed by atoms with van der Waals surface area (Å²) in [4.78, 5) is 18.7. The van der Waals surface area contributed by atoms with Gasteiger partial charge in [-0.15, -0.1) is 0 Å². The minimum absolute atomic E-state index is 0.0383. The van der Waals surface area contributed by atoms with E-state index in [1.54, 1.807) is 26.6 Å². The van der Waals surface area contributed by atoms with Gasteiger partial charge in [0.15, 0.2) is 0 Å². The summed E-state index contributed by atoms with van der Waals surface area (Å²) in [5, 5.41) is 28.0. The van der Waals surface area contributed by atoms with E-state index in [4.69, 9.17) is 42.6 Å². The van der Waals surface area contributed by atoms with Crippen molar-refractivity contribution in [3.8, 4) is 45.4 Å². The summed E-state index contributed by atoms with van der Waals surface area (Å²) in [6.45, 7) is 0.867. The van der Waals surface area contributed by atoms with Crippen LogP contribution in [0.4, 0.5) is 0 Å². The quantitative estimate of drug-likeness (QED) is 0.161. The molecule has 2 aromatic heterocycles. The molecule has 10 nitrogen and oxygen atoms in total. The lowest BCUT2D eigenvalue weighted by Crippen LogP contribution is -2.35. The third-order valence-corrected chi connectivity index (χ3v) is 9.69. The number of aliphatic hydroxyl groups excluding tert-OH is 2. The maximum absolute atomic E-state index is 10.2. The van der Waals surface area contributed by atoms with Gasteiger partial charge in [-0.3, -0.25) is 9.97 Å². The molecule has 0 aliphatic heterocycles. The van der Waals surface area contributed by atoms with E-state index >= 15 is 0 Å². The molecule has 12 heteroatoms. The Labute approximate surface area is 278 Å². The first-order valence-electron chi connectivity index (χ1n) is 15.6. The van der Waals surface area contributed by atoms with Crippen LogP contribution >= 0.6 is 23.2 Å². The fourth-order valence-electron chi connectivity index (χ4n) is 6.31. The highest BCUT2D eigenvalue weighted by molar-refractivity contribution is 6.39. The van der Waals surface area contributed by atoms with E-state index < -0.39 is 0 Å². The maximum Gasteiger partial charge on any atom is 0.237 e. The van der Waals surface area contributed by atoms with E-state index in [1.165, 1.54) is 0 Å². The summed E-state index contributed by atoms with van der Waals surface area (Å²) in [7, 11) is 3.12. The zero-order chi connectivity index (χ0) is 32.2. The molecule has 46 heavy (non-hydrogen) atoms. The Morgan fingerprint density at radius 1 is 0.674 bits per heavy atom. The molecular weight excluding hydrogens is 627 g/mol. The molecule has 4 atom stereocenters. The number of benzene rings is 2. The van der Waals surface area contributed by atoms with Gasteiger partial charge in [0.05, 0.1) is 60.3 Å². The number of nitrogens with one attached hydrogen (secondary N) is 2. The molecule has 0 unspecified atom stereocenters. The molecule has 6 rings (SSSR count). The van der Waals surface area contributed by atoms with Crippen LogP contribution < -0.4 is 20.1 Å². The first-order chi connectivity index (χ1) is 22.4. The van der Waals surface area contributed by atoms with Crippen LogP contribution in [-0.4, -0.2) is 68.7 Å². The van der Waals surface area contributed by atoms with E-state index in [9.17, 15) is 10.2 Å². The Balaban J connectivity index is 1.25. The molecule has 2 heterocycles. The van der Waals surface area contributed by atoms with Crippen molar-refractivity contribution in [2.45, 2.75) is 75.9 Å². The largest absolute Gasteiger partial charge is 0.480 e. The third-order valence-electron chi connectivity index (χ3n) is 8.87. The fourth-order valence-corrected chi connectivity index (χ4v) is 6.96. The lowest BCUT2D eigenvalue weighted by molar-refractivity contribution is 0.148. The molecule has 2 saturated carbocycles. The second-order valence-electron chi connectivity index (χ2n) is 11.7. The lowest BCUT2D eigenvalue weighted by Gasteiger charge is -2.18. The predicted molar refractivity (Wildman–Crippen MR) is 178 cm³/mol. The second-order valence-corrected chi connectivity index (χ2v) is 12.5. The number of aromatic nitrogens is 4. The number of hydrogen-bond donors (Lipinski definition) is 4. The van der Waals surface area contributed by atoms with Crippen molar-refractivity contribution in [1.82, 2.24) is 30.6 Å². The van der Waals surface area contributed by atoms with Crippen LogP contribution in [0.3, 0.4) is 0 Å². The molecule has 0 bridgehead atoms. The van der Waals surface area contributed by atoms with Crippen molar-refractivity contribution in [2.24, 2.45) is 0 Å². The van der Waals surface area contributed by atoms with Crippen molar-refractivity contribution >= 4 is 23.2 Å². The third kappa shape index (κ3) is 6.83. The zero-order valence-electron chi connectivity index (χ0n) is 25.8. The predicted octanol–water partition coefficient (Wildman–Crippen LogP) is 5.60. The van der Waals surface area contributed by atoms with Crippen molar-refractivity contribution in [1.29, 1.82) is 0 Å². The van der Waals surface area contributed by atoms with E-state index in [-0.39, 0.29) is 24.3 Å². The number of hydrogen-bond acceptors (Lipinski definition) is 10. The second kappa shape index (κ2) is 14.6. The highest BCUT2D eigenvalue weighted by atomic mass is 35.5. The van der Waals surface area contributed by atoms with Crippen molar-refractivity contribution in [3.63, 3.8) is 0 Å². The highest BCUT2D eigenvalue weighted by Crippen LogP contribution is 2.42. The Morgan fingerprint density at radius 3 is 1.46 bits per heavy atom. The summed E-state index contributed by atoms with van der Waals surface area (Å²) >= 11 is 14.1. The molecule has 4 aromatic rings. The minimum atomic E-state index is -0.349. The number of methoxy groups -OCH3 is 2. The zero-order valence-corrected chi connectivity index (χ0v) is 27.4. The van der Waals surface area contributed by atoms with Crippen molar-refractivity contribution < 1.29 is 19.7 Å². The molecule has 2 aliphatic rings. The summed E-state index contributed by atoms with van der Waals surface area (Å²) in [6.07, 6.45) is 8.13. The molecular formula is C34H38Cl2N6O4. The molecule has 4 N–H and O–H groups in total. The van der Waals surface area contributed by atoms with E-state index in [1.807, 2.05) is 36.4 Å². The number of aliphatic hydroxyl groups is 2. The first kappa shape index (κ1) is 32.6. The molecule has 0 spiro atoms. The minimum Gasteiger partial charge on any atom is -0.480 e. The summed E-state index contributed by atoms with van der Waals surface area (Å²) in [5.74, 6) is 0.786. The summed E-state index contributed by atoms with van der Waals surface area (Å²) in [6, 6.07) is 11.5. The molecule has 0 amide bonds. The monoisotopic (exact) mass is 664 g/mol. The van der Waals surface area contributed by atoms with Crippen LogP contribution in [0, 0.1) is 0 Å². The normalized spacial score (nSPS) is 21.1. The Hall–Kier alpha value is -3.38. The molecule has 0 radical (unpaired) electrons. The van der Waals surface area contributed by atoms with Crippen LogP contribution in [0.2, 0.25) is 10.0 Å². The van der Waals surface area contributed by atoms with Gasteiger partial charge >= 0.3 is 0 Å². The van der Waals surface area contributed by atoms with Crippen LogP contribution in [0.25, 0.3) is 33.6 Å². The SMILES string of the molecule is COc1nc(-c2cccc(-c3cccc(-c4cnc(CN[C@@H]5CCC[C@@H]5O)c(OC)n4)c3Cl)c2Cl)cnc1CN[C@@H]1CCC[C@@H]1O. The number of nitrogens with zero attached hydrogens (tertiary/aromatic N) is 4. The van der Waals surface area contributed by atoms with Crippen LogP contribution in [0.5, 0.6) is 11.8 Å². The lowest BCUT2D eigenvalue weighted by atomic mass is 9.98. The maximum atomic E-state index is 10.2. The van der Waals surface area contributed by atoms with Gasteiger partial charge in [0, 0.05) is 47.4 Å². The first-order valence-corrected chi connectivity index (χ1v) is 16.3. The molecule has 2 fully saturated rings. The van der Waals surface area contributed by atoms with Gasteiger partial charge in [0.25, 0.3) is 0 Å². The van der Waals surface area contributed by atoms with Crippen molar-refractivity contribution in [3.05, 3.63) is 70.2 Å². The highest BCUT2D eigenvalue weighted by Gasteiger charge is 2.26. The number of ether oxygens (including phenoxy) is 2. The molecule has 242 valence electrons. The number of rotatable bonds is 11. The Morgan fingerprint density at radius 2 is 1.09 bits per heavy atom. The number of halogens is 2.